The highest BCUT2D eigenvalue weighted by Gasteiger charge is 2.49. The highest BCUT2D eigenvalue weighted by Crippen LogP contribution is 2.47. The molecule has 3 N–H and O–H groups in total. The van der Waals surface area contributed by atoms with Crippen molar-refractivity contribution in [3.63, 3.8) is 0 Å². The first-order chi connectivity index (χ1) is 18.3. The minimum Gasteiger partial charge on any atom is -0.494 e. The maximum absolute atomic E-state index is 13.9. The van der Waals surface area contributed by atoms with E-state index in [2.05, 4.69) is 21.7 Å². The summed E-state index contributed by atoms with van der Waals surface area (Å²) in [6, 6.07) is 5.91. The molecule has 9 nitrogen and oxygen atoms in total. The van der Waals surface area contributed by atoms with Crippen LogP contribution in [0.15, 0.2) is 18.2 Å². The predicted molar refractivity (Wildman–Crippen MR) is 143 cm³/mol. The van der Waals surface area contributed by atoms with Gasteiger partial charge in [0, 0.05) is 29.9 Å². The van der Waals surface area contributed by atoms with Crippen molar-refractivity contribution in [2.24, 2.45) is 11.3 Å². The van der Waals surface area contributed by atoms with Gasteiger partial charge >= 0.3 is 0 Å². The smallest absolute Gasteiger partial charge is 0.271 e. The summed E-state index contributed by atoms with van der Waals surface area (Å²) in [5.41, 5.74) is 0.980. The summed E-state index contributed by atoms with van der Waals surface area (Å²) < 4.78 is 5.45. The van der Waals surface area contributed by atoms with Gasteiger partial charge in [0.25, 0.3) is 5.91 Å². The van der Waals surface area contributed by atoms with Gasteiger partial charge in [-0.3, -0.25) is 14.4 Å². The lowest BCUT2D eigenvalue weighted by molar-refractivity contribution is -0.128. The number of hydrogen-bond acceptors (Lipinski definition) is 5. The Hall–Kier alpha value is -3.25. The van der Waals surface area contributed by atoms with Crippen LogP contribution in [0.3, 0.4) is 0 Å². The van der Waals surface area contributed by atoms with Crippen molar-refractivity contribution >= 4 is 40.2 Å². The van der Waals surface area contributed by atoms with Gasteiger partial charge in [0.05, 0.1) is 18.2 Å². The molecule has 2 unspecified atom stereocenters. The van der Waals surface area contributed by atoms with Crippen LogP contribution in [0.25, 0.3) is 10.9 Å². The van der Waals surface area contributed by atoms with Gasteiger partial charge in [-0.05, 0) is 62.1 Å². The van der Waals surface area contributed by atoms with E-state index in [0.29, 0.717) is 47.8 Å². The molecule has 2 aromatic rings. The van der Waals surface area contributed by atoms with Gasteiger partial charge < -0.3 is 25.3 Å². The number of nitrogens with one attached hydrogen (secondary N) is 3. The van der Waals surface area contributed by atoms with Crippen LogP contribution >= 0.6 is 11.6 Å². The minimum absolute atomic E-state index is 0.0704. The molecule has 0 radical (unpaired) electrons. The number of ether oxygens (including phenoxy) is 1. The molecule has 0 bridgehead atoms. The highest BCUT2D eigenvalue weighted by molar-refractivity contribution is 6.33. The lowest BCUT2D eigenvalue weighted by Gasteiger charge is -2.32. The predicted octanol–water partition coefficient (Wildman–Crippen LogP) is 3.92. The molecule has 38 heavy (non-hydrogen) atoms. The molecule has 202 valence electrons. The number of likely N-dealkylation sites (tertiary alicyclic amines) is 1. The second-order valence-electron chi connectivity index (χ2n) is 11.0. The molecule has 3 amide bonds. The van der Waals surface area contributed by atoms with Crippen molar-refractivity contribution in [2.45, 2.75) is 69.9 Å². The van der Waals surface area contributed by atoms with E-state index in [0.717, 1.165) is 44.0 Å². The number of rotatable bonds is 6. The number of methoxy groups -OCH3 is 1. The number of hydrogen-bond donors (Lipinski definition) is 3. The summed E-state index contributed by atoms with van der Waals surface area (Å²) in [6.45, 7) is 1.14. The molecule has 3 fully saturated rings. The van der Waals surface area contributed by atoms with Crippen molar-refractivity contribution in [3.8, 4) is 11.8 Å². The van der Waals surface area contributed by atoms with E-state index >= 15 is 0 Å². The number of amides is 3. The molecular formula is C28H34ClN5O4. The molecule has 1 aromatic heterocycles. The Bertz CT molecular complexity index is 1280. The summed E-state index contributed by atoms with van der Waals surface area (Å²) in [6.07, 6.45) is 7.66. The van der Waals surface area contributed by atoms with Crippen LogP contribution in [0.2, 0.25) is 5.02 Å². The molecule has 2 aliphatic heterocycles. The van der Waals surface area contributed by atoms with Crippen molar-refractivity contribution in [2.75, 3.05) is 20.2 Å². The van der Waals surface area contributed by atoms with Crippen molar-refractivity contribution in [1.29, 1.82) is 5.26 Å². The van der Waals surface area contributed by atoms with Crippen LogP contribution in [0.1, 0.15) is 68.3 Å². The average molecular weight is 540 g/mol. The Balaban J connectivity index is 1.39. The zero-order valence-electron chi connectivity index (χ0n) is 21.6. The number of nitrogens with zero attached hydrogens (tertiary/aromatic N) is 2. The third kappa shape index (κ3) is 5.06. The van der Waals surface area contributed by atoms with E-state index in [4.69, 9.17) is 16.3 Å². The van der Waals surface area contributed by atoms with E-state index in [1.807, 2.05) is 0 Å². The molecule has 5 rings (SSSR count). The van der Waals surface area contributed by atoms with Crippen molar-refractivity contribution in [1.82, 2.24) is 20.5 Å². The second-order valence-corrected chi connectivity index (χ2v) is 11.4. The molecule has 3 aliphatic rings. The van der Waals surface area contributed by atoms with Gasteiger partial charge in [0.15, 0.2) is 0 Å². The fraction of sp³-hybridized carbons (Fsp3) is 0.571. The Labute approximate surface area is 227 Å². The van der Waals surface area contributed by atoms with E-state index < -0.39 is 12.1 Å². The third-order valence-corrected chi connectivity index (χ3v) is 8.82. The topological polar surface area (TPSA) is 127 Å². The molecule has 3 heterocycles. The Morgan fingerprint density at radius 3 is 2.79 bits per heavy atom. The standard InChI is InChI=1S/C28H34ClN5O4/c1-38-24-19-13-22(33-21(19)8-7-20(24)29)27(37)34-16-28(9-3-2-4-10-28)14-23(34)26(36)32-18(15-30)12-17-6-5-11-31-25(17)35/h7-8,13,17-18,23,33H,2-6,9-12,14,16H2,1H3,(H,31,35)(H,32,36)/t17-,18?,23?/m0/s1. The number of aromatic amines is 1. The number of fused-ring (bicyclic) bond motifs is 1. The van der Waals surface area contributed by atoms with Gasteiger partial charge in [0.1, 0.15) is 23.5 Å². The van der Waals surface area contributed by atoms with E-state index in [9.17, 15) is 19.6 Å². The van der Waals surface area contributed by atoms with Gasteiger partial charge in [0.2, 0.25) is 11.8 Å². The van der Waals surface area contributed by atoms with Crippen LogP contribution < -0.4 is 15.4 Å². The quantitative estimate of drug-likeness (QED) is 0.512. The molecule has 1 spiro atoms. The van der Waals surface area contributed by atoms with Crippen LogP contribution in [-0.4, -0.2) is 59.9 Å². The SMILES string of the molecule is COc1c(Cl)ccc2[nH]c(C(=O)N3CC4(CCCCC4)CC3C(=O)NC(C#N)C[C@@H]3CCCNC3=O)cc12. The fourth-order valence-electron chi connectivity index (χ4n) is 6.55. The van der Waals surface area contributed by atoms with Gasteiger partial charge in [-0.1, -0.05) is 30.9 Å². The second kappa shape index (κ2) is 10.9. The first-order valence-electron chi connectivity index (χ1n) is 13.5. The summed E-state index contributed by atoms with van der Waals surface area (Å²) in [4.78, 5) is 44.6. The monoisotopic (exact) mass is 539 g/mol. The Morgan fingerprint density at radius 1 is 1.29 bits per heavy atom. The number of H-pyrrole nitrogens is 1. The number of carbonyl (C=O) groups excluding carboxylic acids is 3. The first-order valence-corrected chi connectivity index (χ1v) is 13.9. The zero-order chi connectivity index (χ0) is 26.9. The van der Waals surface area contributed by atoms with Crippen molar-refractivity contribution in [3.05, 3.63) is 28.9 Å². The average Bonchev–Trinajstić information content (AvgIpc) is 3.52. The number of carbonyl (C=O) groups is 3. The van der Waals surface area contributed by atoms with E-state index in [-0.39, 0.29) is 35.5 Å². The molecule has 1 saturated carbocycles. The Kier molecular flexibility index (Phi) is 7.53. The fourth-order valence-corrected chi connectivity index (χ4v) is 6.79. The number of piperidine rings is 1. The van der Waals surface area contributed by atoms with Gasteiger partial charge in [-0.25, -0.2) is 0 Å². The Morgan fingerprint density at radius 2 is 2.08 bits per heavy atom. The zero-order valence-corrected chi connectivity index (χ0v) is 22.4. The summed E-state index contributed by atoms with van der Waals surface area (Å²) in [5.74, 6) is -0.475. The number of halogens is 1. The molecule has 1 aliphatic carbocycles. The van der Waals surface area contributed by atoms with Crippen LogP contribution in [0.4, 0.5) is 0 Å². The molecular weight excluding hydrogens is 506 g/mol. The van der Waals surface area contributed by atoms with Crippen LogP contribution in [0.5, 0.6) is 5.75 Å². The first kappa shape index (κ1) is 26.4. The van der Waals surface area contributed by atoms with Gasteiger partial charge in [-0.15, -0.1) is 0 Å². The minimum atomic E-state index is -0.796. The summed E-state index contributed by atoms with van der Waals surface area (Å²) in [5, 5.41) is 16.6. The highest BCUT2D eigenvalue weighted by atomic mass is 35.5. The number of benzene rings is 1. The molecule has 3 atom stereocenters. The number of nitriles is 1. The summed E-state index contributed by atoms with van der Waals surface area (Å²) in [7, 11) is 1.53. The largest absolute Gasteiger partial charge is 0.494 e. The molecule has 10 heteroatoms. The normalized spacial score (nSPS) is 23.6. The molecule has 1 aromatic carbocycles. The van der Waals surface area contributed by atoms with Gasteiger partial charge in [-0.2, -0.15) is 5.26 Å². The van der Waals surface area contributed by atoms with Crippen LogP contribution in [-0.2, 0) is 9.59 Å². The maximum Gasteiger partial charge on any atom is 0.271 e. The maximum atomic E-state index is 13.9. The van der Waals surface area contributed by atoms with E-state index in [1.165, 1.54) is 7.11 Å². The lowest BCUT2D eigenvalue weighted by Crippen LogP contribution is -2.49. The molecule has 2 saturated heterocycles. The van der Waals surface area contributed by atoms with Crippen LogP contribution in [0, 0.1) is 22.7 Å². The van der Waals surface area contributed by atoms with Crippen molar-refractivity contribution < 1.29 is 19.1 Å². The van der Waals surface area contributed by atoms with E-state index in [1.54, 1.807) is 23.1 Å². The third-order valence-electron chi connectivity index (χ3n) is 8.52. The summed E-state index contributed by atoms with van der Waals surface area (Å²) >= 11 is 6.28. The lowest BCUT2D eigenvalue weighted by atomic mass is 9.72. The number of aromatic nitrogens is 1.